The molecule has 0 radical (unpaired) electrons. The summed E-state index contributed by atoms with van der Waals surface area (Å²) in [7, 11) is 0. The number of carbonyl (C=O) groups excluding carboxylic acids is 2. The zero-order valence-electron chi connectivity index (χ0n) is 15.3. The molecule has 0 aliphatic carbocycles. The fourth-order valence-corrected chi connectivity index (χ4v) is 3.40. The minimum Gasteiger partial charge on any atom is -0.462 e. The van der Waals surface area contributed by atoms with Crippen LogP contribution in [0.4, 0.5) is 0 Å². The molecule has 1 saturated heterocycles. The van der Waals surface area contributed by atoms with E-state index < -0.39 is 11.5 Å². The Morgan fingerprint density at radius 2 is 2.15 bits per heavy atom. The molecule has 0 saturated carbocycles. The van der Waals surface area contributed by atoms with Crippen LogP contribution in [0, 0.1) is 6.92 Å². The lowest BCUT2D eigenvalue weighted by Gasteiger charge is -2.33. The molecule has 26 heavy (non-hydrogen) atoms. The second kappa shape index (κ2) is 7.31. The van der Waals surface area contributed by atoms with Crippen molar-refractivity contribution < 1.29 is 18.7 Å². The lowest BCUT2D eigenvalue weighted by molar-refractivity contribution is -0.135. The summed E-state index contributed by atoms with van der Waals surface area (Å²) in [6.45, 7) is 6.05. The Morgan fingerprint density at radius 3 is 2.85 bits per heavy atom. The molecule has 1 aliphatic rings. The molecule has 0 bridgehead atoms. The van der Waals surface area contributed by atoms with E-state index in [9.17, 15) is 14.4 Å². The Hall–Kier alpha value is -2.64. The molecule has 140 valence electrons. The van der Waals surface area contributed by atoms with Crippen LogP contribution in [-0.4, -0.2) is 45.5 Å². The first-order valence-corrected chi connectivity index (χ1v) is 8.89. The average Bonchev–Trinajstić information content (AvgIpc) is 2.95. The highest BCUT2D eigenvalue weighted by Gasteiger charge is 2.26. The van der Waals surface area contributed by atoms with Gasteiger partial charge in [-0.25, -0.2) is 9.78 Å². The summed E-state index contributed by atoms with van der Waals surface area (Å²) >= 11 is 0. The highest BCUT2D eigenvalue weighted by Crippen LogP contribution is 2.22. The lowest BCUT2D eigenvalue weighted by atomic mass is 10.0. The van der Waals surface area contributed by atoms with Crippen molar-refractivity contribution in [1.82, 2.24) is 14.5 Å². The molecule has 1 unspecified atom stereocenters. The van der Waals surface area contributed by atoms with Crippen molar-refractivity contribution in [2.24, 2.45) is 0 Å². The number of aromatic nitrogens is 2. The number of aryl methyl sites for hydroxylation is 1. The summed E-state index contributed by atoms with van der Waals surface area (Å²) in [5.74, 6) is -0.480. The maximum atomic E-state index is 12.9. The van der Waals surface area contributed by atoms with Crippen molar-refractivity contribution in [1.29, 1.82) is 0 Å². The van der Waals surface area contributed by atoms with E-state index >= 15 is 0 Å². The van der Waals surface area contributed by atoms with Crippen LogP contribution in [0.1, 0.15) is 49.2 Å². The molecule has 0 N–H and O–H groups in total. The maximum absolute atomic E-state index is 12.9. The van der Waals surface area contributed by atoms with Crippen LogP contribution in [-0.2, 0) is 16.1 Å². The minimum atomic E-state index is -0.628. The van der Waals surface area contributed by atoms with Gasteiger partial charge in [-0.3, -0.25) is 14.2 Å². The smallest absolute Gasteiger partial charge is 0.342 e. The first kappa shape index (κ1) is 18.2. The first-order chi connectivity index (χ1) is 12.4. The van der Waals surface area contributed by atoms with Crippen LogP contribution in [0.15, 0.2) is 15.5 Å². The van der Waals surface area contributed by atoms with Crippen molar-refractivity contribution in [2.45, 2.75) is 52.6 Å². The average molecular weight is 361 g/mol. The second-order valence-corrected chi connectivity index (χ2v) is 6.54. The molecule has 0 spiro atoms. The van der Waals surface area contributed by atoms with Gasteiger partial charge in [-0.15, -0.1) is 0 Å². The summed E-state index contributed by atoms with van der Waals surface area (Å²) < 4.78 is 11.7. The first-order valence-electron chi connectivity index (χ1n) is 8.89. The minimum absolute atomic E-state index is 0.0583. The van der Waals surface area contributed by atoms with Crippen LogP contribution in [0.3, 0.4) is 0 Å². The van der Waals surface area contributed by atoms with Crippen molar-refractivity contribution >= 4 is 23.0 Å². The third-order valence-corrected chi connectivity index (χ3v) is 4.76. The second-order valence-electron chi connectivity index (χ2n) is 6.54. The number of hydrogen-bond donors (Lipinski definition) is 0. The molecule has 8 nitrogen and oxygen atoms in total. The number of piperidine rings is 1. The molecule has 0 aromatic carbocycles. The Balaban J connectivity index is 1.96. The van der Waals surface area contributed by atoms with Gasteiger partial charge in [-0.2, -0.15) is 0 Å². The van der Waals surface area contributed by atoms with Gasteiger partial charge >= 0.3 is 5.97 Å². The van der Waals surface area contributed by atoms with Gasteiger partial charge in [0.05, 0.1) is 6.61 Å². The quantitative estimate of drug-likeness (QED) is 0.772. The fraction of sp³-hybridized carbons (Fsp3) is 0.556. The summed E-state index contributed by atoms with van der Waals surface area (Å²) in [5.41, 5.74) is -0.328. The van der Waals surface area contributed by atoms with Crippen molar-refractivity contribution in [3.63, 3.8) is 0 Å². The molecule has 8 heteroatoms. The molecule has 1 atom stereocenters. The van der Waals surface area contributed by atoms with E-state index in [2.05, 4.69) is 4.98 Å². The number of amides is 1. The highest BCUT2D eigenvalue weighted by molar-refractivity contribution is 6.03. The van der Waals surface area contributed by atoms with Gasteiger partial charge in [0, 0.05) is 12.6 Å². The third kappa shape index (κ3) is 3.23. The molecule has 1 amide bonds. The van der Waals surface area contributed by atoms with Gasteiger partial charge in [0.15, 0.2) is 0 Å². The zero-order valence-corrected chi connectivity index (χ0v) is 15.3. The highest BCUT2D eigenvalue weighted by atomic mass is 16.5. The van der Waals surface area contributed by atoms with Gasteiger partial charge < -0.3 is 14.1 Å². The standard InChI is InChI=1S/C18H23N3O5/c1-4-25-18(24)14-12(3)26-16-15(14)17(23)20(10-19-16)9-13(22)21-8-6-5-7-11(21)2/h10-11H,4-9H2,1-3H3. The molecule has 1 fully saturated rings. The molecular formula is C18H23N3O5. The van der Waals surface area contributed by atoms with Crippen LogP contribution in [0.25, 0.3) is 11.1 Å². The largest absolute Gasteiger partial charge is 0.462 e. The van der Waals surface area contributed by atoms with Gasteiger partial charge in [0.1, 0.15) is 29.6 Å². The Labute approximate surface area is 150 Å². The predicted molar refractivity (Wildman–Crippen MR) is 94.0 cm³/mol. The zero-order chi connectivity index (χ0) is 18.8. The van der Waals surface area contributed by atoms with Crippen molar-refractivity contribution in [3.8, 4) is 0 Å². The van der Waals surface area contributed by atoms with Crippen molar-refractivity contribution in [3.05, 3.63) is 28.0 Å². The van der Waals surface area contributed by atoms with E-state index in [1.54, 1.807) is 18.7 Å². The van der Waals surface area contributed by atoms with E-state index in [1.807, 2.05) is 6.92 Å². The van der Waals surface area contributed by atoms with Crippen LogP contribution < -0.4 is 5.56 Å². The molecule has 3 heterocycles. The molecule has 1 aliphatic heterocycles. The van der Waals surface area contributed by atoms with E-state index in [1.165, 1.54) is 10.9 Å². The normalized spacial score (nSPS) is 17.5. The summed E-state index contributed by atoms with van der Waals surface area (Å²) in [4.78, 5) is 43.6. The van der Waals surface area contributed by atoms with Crippen molar-refractivity contribution in [2.75, 3.05) is 13.2 Å². The van der Waals surface area contributed by atoms with Gasteiger partial charge in [-0.1, -0.05) is 0 Å². The number of nitrogens with zero attached hydrogens (tertiary/aromatic N) is 3. The number of ether oxygens (including phenoxy) is 1. The van der Waals surface area contributed by atoms with Crippen LogP contribution in [0.5, 0.6) is 0 Å². The number of esters is 1. The monoisotopic (exact) mass is 361 g/mol. The molecular weight excluding hydrogens is 338 g/mol. The Morgan fingerprint density at radius 1 is 1.38 bits per heavy atom. The lowest BCUT2D eigenvalue weighted by Crippen LogP contribution is -2.44. The third-order valence-electron chi connectivity index (χ3n) is 4.76. The van der Waals surface area contributed by atoms with Gasteiger partial charge in [0.2, 0.25) is 11.6 Å². The number of fused-ring (bicyclic) bond motifs is 1. The Kier molecular flexibility index (Phi) is 5.11. The van der Waals surface area contributed by atoms with E-state index in [4.69, 9.17) is 9.15 Å². The summed E-state index contributed by atoms with van der Waals surface area (Å²) in [5, 5.41) is 0.0583. The molecule has 2 aromatic rings. The molecule has 3 rings (SSSR count). The van der Waals surface area contributed by atoms with E-state index in [-0.39, 0.29) is 47.5 Å². The van der Waals surface area contributed by atoms with E-state index in [0.29, 0.717) is 6.54 Å². The van der Waals surface area contributed by atoms with Gasteiger partial charge in [0.25, 0.3) is 5.56 Å². The Bertz CT molecular complexity index is 898. The SMILES string of the molecule is CCOC(=O)c1c(C)oc2ncn(CC(=O)N3CCCCC3C)c(=O)c12. The number of carbonyl (C=O) groups is 2. The maximum Gasteiger partial charge on any atom is 0.342 e. The summed E-state index contributed by atoms with van der Waals surface area (Å²) in [6, 6.07) is 0.162. The predicted octanol–water partition coefficient (Wildman–Crippen LogP) is 1.88. The van der Waals surface area contributed by atoms with E-state index in [0.717, 1.165) is 19.3 Å². The summed E-state index contributed by atoms with van der Waals surface area (Å²) in [6.07, 6.45) is 4.33. The fourth-order valence-electron chi connectivity index (χ4n) is 3.40. The number of hydrogen-bond acceptors (Lipinski definition) is 6. The van der Waals surface area contributed by atoms with Crippen LogP contribution >= 0.6 is 0 Å². The van der Waals surface area contributed by atoms with Gasteiger partial charge in [-0.05, 0) is 40.0 Å². The molecule has 2 aromatic heterocycles. The van der Waals surface area contributed by atoms with Crippen LogP contribution in [0.2, 0.25) is 0 Å². The number of likely N-dealkylation sites (tertiary alicyclic amines) is 1. The number of rotatable bonds is 4. The topological polar surface area (TPSA) is 94.6 Å². The number of furan rings is 1.